The number of rotatable bonds is 6. The van der Waals surface area contributed by atoms with Gasteiger partial charge in [-0.05, 0) is 6.07 Å². The smallest absolute Gasteiger partial charge is 0.253 e. The molecule has 1 heterocycles. The van der Waals surface area contributed by atoms with Crippen LogP contribution in [0.1, 0.15) is 16.1 Å². The predicted molar refractivity (Wildman–Crippen MR) is 82.1 cm³/mol. The SMILES string of the molecule is COc1cc(OC)c(N)c(C(=O)NCCc2cscn2)c1. The Bertz CT molecular complexity index is 614. The molecule has 0 atom stereocenters. The maximum absolute atomic E-state index is 12.2. The zero-order valence-electron chi connectivity index (χ0n) is 11.9. The van der Waals surface area contributed by atoms with Crippen molar-refractivity contribution in [2.24, 2.45) is 0 Å². The quantitative estimate of drug-likeness (QED) is 0.794. The fourth-order valence-electron chi connectivity index (χ4n) is 1.84. The first-order chi connectivity index (χ1) is 10.2. The number of benzene rings is 1. The summed E-state index contributed by atoms with van der Waals surface area (Å²) in [6, 6.07) is 3.23. The summed E-state index contributed by atoms with van der Waals surface area (Å²) < 4.78 is 10.3. The van der Waals surface area contributed by atoms with Gasteiger partial charge in [-0.15, -0.1) is 11.3 Å². The summed E-state index contributed by atoms with van der Waals surface area (Å²) in [6.07, 6.45) is 0.677. The second kappa shape index (κ2) is 6.94. The highest BCUT2D eigenvalue weighted by Gasteiger charge is 2.15. The van der Waals surface area contributed by atoms with Crippen molar-refractivity contribution < 1.29 is 14.3 Å². The van der Waals surface area contributed by atoms with Gasteiger partial charge in [0.2, 0.25) is 0 Å². The van der Waals surface area contributed by atoms with Gasteiger partial charge in [-0.2, -0.15) is 0 Å². The zero-order valence-corrected chi connectivity index (χ0v) is 12.7. The van der Waals surface area contributed by atoms with Crippen molar-refractivity contribution in [3.63, 3.8) is 0 Å². The largest absolute Gasteiger partial charge is 0.497 e. The van der Waals surface area contributed by atoms with Gasteiger partial charge in [0, 0.05) is 24.4 Å². The van der Waals surface area contributed by atoms with Crippen LogP contribution in [0.15, 0.2) is 23.0 Å². The normalized spacial score (nSPS) is 10.2. The van der Waals surface area contributed by atoms with Gasteiger partial charge in [-0.25, -0.2) is 4.98 Å². The Labute approximate surface area is 126 Å². The molecule has 0 saturated heterocycles. The number of ether oxygens (including phenoxy) is 2. The van der Waals surface area contributed by atoms with E-state index in [2.05, 4.69) is 10.3 Å². The highest BCUT2D eigenvalue weighted by molar-refractivity contribution is 7.07. The van der Waals surface area contributed by atoms with E-state index in [1.807, 2.05) is 5.38 Å². The molecule has 21 heavy (non-hydrogen) atoms. The molecule has 2 aromatic rings. The van der Waals surface area contributed by atoms with Crippen LogP contribution in [0.25, 0.3) is 0 Å². The van der Waals surface area contributed by atoms with Crippen LogP contribution in [-0.4, -0.2) is 31.7 Å². The van der Waals surface area contributed by atoms with Crippen LogP contribution >= 0.6 is 11.3 Å². The molecule has 0 aliphatic rings. The Kier molecular flexibility index (Phi) is 4.99. The van der Waals surface area contributed by atoms with Crippen molar-refractivity contribution in [2.75, 3.05) is 26.5 Å². The van der Waals surface area contributed by atoms with Crippen molar-refractivity contribution in [1.29, 1.82) is 0 Å². The van der Waals surface area contributed by atoms with Crippen LogP contribution < -0.4 is 20.5 Å². The summed E-state index contributed by atoms with van der Waals surface area (Å²) in [5.74, 6) is 0.671. The molecule has 0 aliphatic heterocycles. The Hall–Kier alpha value is -2.28. The zero-order chi connectivity index (χ0) is 15.2. The first-order valence-electron chi connectivity index (χ1n) is 6.32. The summed E-state index contributed by atoms with van der Waals surface area (Å²) in [4.78, 5) is 16.4. The molecule has 0 saturated carbocycles. The van der Waals surface area contributed by atoms with E-state index >= 15 is 0 Å². The summed E-state index contributed by atoms with van der Waals surface area (Å²) >= 11 is 1.53. The number of nitrogens with one attached hydrogen (secondary N) is 1. The van der Waals surface area contributed by atoms with Crippen LogP contribution in [0.5, 0.6) is 11.5 Å². The van der Waals surface area contributed by atoms with Gasteiger partial charge in [0.15, 0.2) is 0 Å². The molecular formula is C14H17N3O3S. The molecule has 0 bridgehead atoms. The van der Waals surface area contributed by atoms with Crippen molar-refractivity contribution in [1.82, 2.24) is 10.3 Å². The maximum atomic E-state index is 12.2. The topological polar surface area (TPSA) is 86.5 Å². The molecule has 0 aliphatic carbocycles. The van der Waals surface area contributed by atoms with Crippen LogP contribution in [0.2, 0.25) is 0 Å². The number of hydrogen-bond acceptors (Lipinski definition) is 6. The number of aromatic nitrogens is 1. The van der Waals surface area contributed by atoms with E-state index in [0.717, 1.165) is 5.69 Å². The standard InChI is InChI=1S/C14H17N3O3S/c1-19-10-5-11(13(15)12(6-10)20-2)14(18)16-4-3-9-7-21-8-17-9/h5-8H,3-4,15H2,1-2H3,(H,16,18). The highest BCUT2D eigenvalue weighted by atomic mass is 32.1. The lowest BCUT2D eigenvalue weighted by Crippen LogP contribution is -2.26. The molecule has 0 fully saturated rings. The van der Waals surface area contributed by atoms with Crippen LogP contribution in [0, 0.1) is 0 Å². The van der Waals surface area contributed by atoms with Crippen molar-refractivity contribution in [3.05, 3.63) is 34.3 Å². The second-order valence-electron chi connectivity index (χ2n) is 4.28. The molecule has 7 heteroatoms. The first-order valence-corrected chi connectivity index (χ1v) is 7.26. The lowest BCUT2D eigenvalue weighted by molar-refractivity contribution is 0.0954. The third kappa shape index (κ3) is 3.63. The minimum absolute atomic E-state index is 0.264. The number of carbonyl (C=O) groups excluding carboxylic acids is 1. The van der Waals surface area contributed by atoms with E-state index in [9.17, 15) is 4.79 Å². The van der Waals surface area contributed by atoms with E-state index in [1.54, 1.807) is 17.6 Å². The molecule has 0 spiro atoms. The Morgan fingerprint density at radius 1 is 1.38 bits per heavy atom. The number of carbonyl (C=O) groups is 1. The number of thiazole rings is 1. The number of hydrogen-bond donors (Lipinski definition) is 2. The van der Waals surface area contributed by atoms with E-state index in [1.165, 1.54) is 25.6 Å². The molecule has 1 aromatic heterocycles. The minimum Gasteiger partial charge on any atom is -0.497 e. The second-order valence-corrected chi connectivity index (χ2v) is 5.00. The maximum Gasteiger partial charge on any atom is 0.253 e. The number of methoxy groups -OCH3 is 2. The van der Waals surface area contributed by atoms with Crippen LogP contribution in [-0.2, 0) is 6.42 Å². The monoisotopic (exact) mass is 307 g/mol. The fourth-order valence-corrected chi connectivity index (χ4v) is 2.43. The number of amides is 1. The number of anilines is 1. The highest BCUT2D eigenvalue weighted by Crippen LogP contribution is 2.30. The third-order valence-corrected chi connectivity index (χ3v) is 3.60. The molecule has 2 rings (SSSR count). The van der Waals surface area contributed by atoms with Gasteiger partial charge in [0.05, 0.1) is 36.7 Å². The van der Waals surface area contributed by atoms with Crippen LogP contribution in [0.3, 0.4) is 0 Å². The molecule has 1 aromatic carbocycles. The lowest BCUT2D eigenvalue weighted by Gasteiger charge is -2.12. The Morgan fingerprint density at radius 3 is 2.81 bits per heavy atom. The van der Waals surface area contributed by atoms with Crippen molar-refractivity contribution >= 4 is 22.9 Å². The van der Waals surface area contributed by atoms with Gasteiger partial charge in [0.1, 0.15) is 11.5 Å². The molecule has 0 radical (unpaired) electrons. The molecule has 3 N–H and O–H groups in total. The number of nitrogens with two attached hydrogens (primary N) is 1. The third-order valence-electron chi connectivity index (χ3n) is 2.97. The summed E-state index contributed by atoms with van der Waals surface area (Å²) in [5, 5.41) is 4.77. The lowest BCUT2D eigenvalue weighted by atomic mass is 10.1. The van der Waals surface area contributed by atoms with Gasteiger partial charge in [-0.1, -0.05) is 0 Å². The molecular weight excluding hydrogens is 290 g/mol. The average molecular weight is 307 g/mol. The number of nitrogens with zero attached hydrogens (tertiary/aromatic N) is 1. The van der Waals surface area contributed by atoms with Gasteiger partial charge >= 0.3 is 0 Å². The van der Waals surface area contributed by atoms with Crippen molar-refractivity contribution in [3.8, 4) is 11.5 Å². The molecule has 6 nitrogen and oxygen atoms in total. The van der Waals surface area contributed by atoms with Crippen LogP contribution in [0.4, 0.5) is 5.69 Å². The minimum atomic E-state index is -0.264. The average Bonchev–Trinajstić information content (AvgIpc) is 3.00. The van der Waals surface area contributed by atoms with E-state index < -0.39 is 0 Å². The molecule has 112 valence electrons. The summed E-state index contributed by atoms with van der Waals surface area (Å²) in [7, 11) is 3.02. The van der Waals surface area contributed by atoms with Gasteiger partial charge in [0.25, 0.3) is 5.91 Å². The Balaban J connectivity index is 2.07. The summed E-state index contributed by atoms with van der Waals surface area (Å²) in [5.41, 5.74) is 9.29. The molecule has 0 unspecified atom stereocenters. The van der Waals surface area contributed by atoms with E-state index in [-0.39, 0.29) is 5.91 Å². The van der Waals surface area contributed by atoms with Gasteiger partial charge in [-0.3, -0.25) is 4.79 Å². The first kappa shape index (κ1) is 15.1. The Morgan fingerprint density at radius 2 is 2.19 bits per heavy atom. The van der Waals surface area contributed by atoms with E-state index in [0.29, 0.717) is 35.7 Å². The van der Waals surface area contributed by atoms with Crippen molar-refractivity contribution in [2.45, 2.75) is 6.42 Å². The predicted octanol–water partition coefficient (Wildman–Crippen LogP) is 1.71. The summed E-state index contributed by atoms with van der Waals surface area (Å²) in [6.45, 7) is 0.488. The molecule has 1 amide bonds. The van der Waals surface area contributed by atoms with E-state index in [4.69, 9.17) is 15.2 Å². The van der Waals surface area contributed by atoms with Gasteiger partial charge < -0.3 is 20.5 Å². The fraction of sp³-hybridized carbons (Fsp3) is 0.286. The number of nitrogen functional groups attached to an aromatic ring is 1.